The van der Waals surface area contributed by atoms with Crippen molar-refractivity contribution in [1.29, 1.82) is 0 Å². The van der Waals surface area contributed by atoms with Crippen LogP contribution < -0.4 is 0 Å². The van der Waals surface area contributed by atoms with Gasteiger partial charge in [0, 0.05) is 21.4 Å². The summed E-state index contributed by atoms with van der Waals surface area (Å²) in [6.45, 7) is 4.73. The summed E-state index contributed by atoms with van der Waals surface area (Å²) < 4.78 is 0. The van der Waals surface area contributed by atoms with Crippen LogP contribution in [0.4, 0.5) is 0 Å². The highest BCUT2D eigenvalue weighted by molar-refractivity contribution is 6.36. The molecular weight excluding hydrogens is 629 g/mol. The molecule has 0 nitrogen and oxygen atoms in total. The van der Waals surface area contributed by atoms with E-state index in [1.165, 1.54) is 111 Å². The molecule has 0 amide bonds. The largest absolute Gasteiger partial charge is 0.0655 e. The van der Waals surface area contributed by atoms with Crippen LogP contribution in [0.2, 0.25) is 12.1 Å². The second-order valence-electron chi connectivity index (χ2n) is 15.0. The van der Waals surface area contributed by atoms with Crippen LogP contribution in [0.1, 0.15) is 47.9 Å². The first-order valence-electron chi connectivity index (χ1n) is 18.6. The molecule has 8 aromatic rings. The van der Waals surface area contributed by atoms with Gasteiger partial charge in [0.15, 0.2) is 0 Å². The van der Waals surface area contributed by atoms with Gasteiger partial charge in [-0.2, -0.15) is 0 Å². The minimum absolute atomic E-state index is 0.318. The summed E-state index contributed by atoms with van der Waals surface area (Å²) in [7, 11) is -0.318. The SMILES string of the molecule is CC1=Cc2c(-c3ccc4cc5ccccc5cc4c3)cccc2C1C[SiH2]CC1C(C)=Cc2c(-c3ccc4cc5ccccc5cc4c3)cccc21. The molecule has 0 spiro atoms. The molecule has 0 heterocycles. The second kappa shape index (κ2) is 12.1. The van der Waals surface area contributed by atoms with Gasteiger partial charge in [0.2, 0.25) is 0 Å². The van der Waals surface area contributed by atoms with Crippen molar-refractivity contribution in [3.8, 4) is 22.3 Å². The summed E-state index contributed by atoms with van der Waals surface area (Å²) in [6, 6.07) is 57.4. The van der Waals surface area contributed by atoms with Gasteiger partial charge in [-0.05, 0) is 138 Å². The maximum Gasteiger partial charge on any atom is 0.0218 e. The smallest absolute Gasteiger partial charge is 0.0218 e. The zero-order valence-electron chi connectivity index (χ0n) is 29.3. The number of hydrogen-bond donors (Lipinski definition) is 0. The van der Waals surface area contributed by atoms with Crippen molar-refractivity contribution in [2.45, 2.75) is 37.8 Å². The lowest BCUT2D eigenvalue weighted by Gasteiger charge is -2.19. The Morgan fingerprint density at radius 1 is 0.392 bits per heavy atom. The van der Waals surface area contributed by atoms with E-state index in [1.54, 1.807) is 0 Å². The van der Waals surface area contributed by atoms with Gasteiger partial charge in [-0.3, -0.25) is 0 Å². The molecule has 0 radical (unpaired) electrons. The summed E-state index contributed by atoms with van der Waals surface area (Å²) in [6.07, 6.45) is 4.98. The van der Waals surface area contributed by atoms with Crippen LogP contribution in [-0.2, 0) is 0 Å². The molecule has 2 aliphatic rings. The van der Waals surface area contributed by atoms with Crippen LogP contribution in [0.15, 0.2) is 157 Å². The summed E-state index contributed by atoms with van der Waals surface area (Å²) in [5.74, 6) is 1.09. The van der Waals surface area contributed by atoms with Crippen LogP contribution in [0.5, 0.6) is 0 Å². The van der Waals surface area contributed by atoms with Gasteiger partial charge >= 0.3 is 0 Å². The molecule has 244 valence electrons. The van der Waals surface area contributed by atoms with Crippen molar-refractivity contribution in [3.63, 3.8) is 0 Å². The molecule has 0 N–H and O–H groups in total. The standard InChI is InChI=1S/C50H40Si/c1-31-21-47-43(39-19-17-37-23-33-9-3-5-11-35(33)25-41(37)27-39)13-7-15-45(47)49(31)29-51-30-50-32(2)22-48-44(14-8-16-46(48)50)40-20-18-38-24-34-10-4-6-12-36(34)26-42(38)28-40/h3-28,49-50H,29-30,51H2,1-2H3. The fourth-order valence-corrected chi connectivity index (χ4v) is 11.8. The molecule has 2 unspecified atom stereocenters. The first-order chi connectivity index (χ1) is 25.1. The van der Waals surface area contributed by atoms with Gasteiger partial charge in [-0.1, -0.05) is 145 Å². The lowest BCUT2D eigenvalue weighted by atomic mass is 9.92. The van der Waals surface area contributed by atoms with E-state index in [2.05, 4.69) is 172 Å². The lowest BCUT2D eigenvalue weighted by Crippen LogP contribution is -2.06. The predicted molar refractivity (Wildman–Crippen MR) is 225 cm³/mol. The van der Waals surface area contributed by atoms with E-state index >= 15 is 0 Å². The maximum absolute atomic E-state index is 2.49. The van der Waals surface area contributed by atoms with Gasteiger partial charge in [-0.25, -0.2) is 0 Å². The summed E-state index contributed by atoms with van der Waals surface area (Å²) in [5, 5.41) is 10.4. The van der Waals surface area contributed by atoms with Crippen LogP contribution in [0, 0.1) is 0 Å². The van der Waals surface area contributed by atoms with Gasteiger partial charge in [-0.15, -0.1) is 0 Å². The number of fused-ring (bicyclic) bond motifs is 6. The molecule has 0 aliphatic heterocycles. The molecule has 51 heavy (non-hydrogen) atoms. The first kappa shape index (κ1) is 30.3. The third-order valence-corrected chi connectivity index (χ3v) is 13.9. The van der Waals surface area contributed by atoms with Crippen molar-refractivity contribution >= 4 is 64.8 Å². The highest BCUT2D eigenvalue weighted by Crippen LogP contribution is 2.46. The average Bonchev–Trinajstić information content (AvgIpc) is 3.66. The van der Waals surface area contributed by atoms with Crippen LogP contribution in [-0.4, -0.2) is 9.52 Å². The van der Waals surface area contributed by atoms with Crippen molar-refractivity contribution in [1.82, 2.24) is 0 Å². The molecule has 0 fully saturated rings. The Morgan fingerprint density at radius 2 is 0.784 bits per heavy atom. The Hall–Kier alpha value is -5.50. The summed E-state index contributed by atoms with van der Waals surface area (Å²) >= 11 is 0. The van der Waals surface area contributed by atoms with Gasteiger partial charge in [0.25, 0.3) is 0 Å². The van der Waals surface area contributed by atoms with E-state index in [-0.39, 0.29) is 9.52 Å². The average molecular weight is 669 g/mol. The molecule has 0 saturated carbocycles. The Bertz CT molecular complexity index is 2570. The van der Waals surface area contributed by atoms with Crippen LogP contribution in [0.3, 0.4) is 0 Å². The van der Waals surface area contributed by atoms with E-state index < -0.39 is 0 Å². The Balaban J connectivity index is 0.895. The Morgan fingerprint density at radius 3 is 1.22 bits per heavy atom. The number of allylic oxidation sites excluding steroid dienone is 2. The molecule has 2 aliphatic carbocycles. The molecule has 0 saturated heterocycles. The highest BCUT2D eigenvalue weighted by Gasteiger charge is 2.28. The van der Waals surface area contributed by atoms with Crippen LogP contribution >= 0.6 is 0 Å². The minimum Gasteiger partial charge on any atom is -0.0655 e. The van der Waals surface area contributed by atoms with E-state index in [4.69, 9.17) is 0 Å². The third-order valence-electron chi connectivity index (χ3n) is 11.9. The van der Waals surface area contributed by atoms with E-state index in [1.807, 2.05) is 0 Å². The van der Waals surface area contributed by atoms with Crippen molar-refractivity contribution < 1.29 is 0 Å². The summed E-state index contributed by atoms with van der Waals surface area (Å²) in [5.41, 5.74) is 14.3. The van der Waals surface area contributed by atoms with Crippen LogP contribution in [0.25, 0.3) is 77.5 Å². The monoisotopic (exact) mass is 668 g/mol. The number of benzene rings is 8. The zero-order valence-corrected chi connectivity index (χ0v) is 30.7. The molecule has 0 aromatic heterocycles. The third kappa shape index (κ3) is 5.18. The first-order valence-corrected chi connectivity index (χ1v) is 20.6. The fourth-order valence-electron chi connectivity index (χ4n) is 9.25. The quantitative estimate of drug-likeness (QED) is 0.122. The zero-order chi connectivity index (χ0) is 34.1. The van der Waals surface area contributed by atoms with Crippen molar-refractivity contribution in [3.05, 3.63) is 179 Å². The van der Waals surface area contributed by atoms with Gasteiger partial charge < -0.3 is 0 Å². The van der Waals surface area contributed by atoms with E-state index in [0.29, 0.717) is 11.8 Å². The van der Waals surface area contributed by atoms with E-state index in [0.717, 1.165) is 0 Å². The predicted octanol–water partition coefficient (Wildman–Crippen LogP) is 13.3. The number of hydrogen-bond acceptors (Lipinski definition) is 0. The normalized spacial score (nSPS) is 16.7. The van der Waals surface area contributed by atoms with Gasteiger partial charge in [0.1, 0.15) is 0 Å². The van der Waals surface area contributed by atoms with Crippen molar-refractivity contribution in [2.75, 3.05) is 0 Å². The molecule has 1 heteroatoms. The molecule has 8 aromatic carbocycles. The summed E-state index contributed by atoms with van der Waals surface area (Å²) in [4.78, 5) is 0. The highest BCUT2D eigenvalue weighted by atomic mass is 28.2. The Labute approximate surface area is 302 Å². The van der Waals surface area contributed by atoms with E-state index in [9.17, 15) is 0 Å². The fraction of sp³-hybridized carbons (Fsp3) is 0.120. The Kier molecular flexibility index (Phi) is 7.18. The van der Waals surface area contributed by atoms with Crippen molar-refractivity contribution in [2.24, 2.45) is 0 Å². The molecule has 0 bridgehead atoms. The second-order valence-corrected chi connectivity index (χ2v) is 16.8. The number of rotatable bonds is 6. The van der Waals surface area contributed by atoms with Gasteiger partial charge in [0.05, 0.1) is 0 Å². The molecule has 10 rings (SSSR count). The molecule has 2 atom stereocenters. The lowest BCUT2D eigenvalue weighted by molar-refractivity contribution is 0.876. The maximum atomic E-state index is 2.49. The molecular formula is C50H40Si. The topological polar surface area (TPSA) is 0 Å². The minimum atomic E-state index is -0.318.